The van der Waals surface area contributed by atoms with Crippen molar-refractivity contribution >= 4 is 0 Å². The maximum atomic E-state index is 8.83. The Balaban J connectivity index is 2.88. The number of nitrogens with one attached hydrogen (secondary N) is 1. The zero-order valence-corrected chi connectivity index (χ0v) is 7.04. The number of hydrogen-bond donors (Lipinski definition) is 4. The molecule has 5 heteroatoms. The van der Waals surface area contributed by atoms with Crippen LogP contribution in [0.5, 0.6) is 0 Å². The Hall–Kier alpha value is -0.910. The van der Waals surface area contributed by atoms with E-state index >= 15 is 0 Å². The summed E-state index contributed by atoms with van der Waals surface area (Å²) in [7, 11) is 0. The fourth-order valence-corrected chi connectivity index (χ4v) is 0.963. The highest BCUT2D eigenvalue weighted by molar-refractivity contribution is 5.13. The third-order valence-corrected chi connectivity index (χ3v) is 1.76. The van der Waals surface area contributed by atoms with Crippen molar-refractivity contribution in [3.05, 3.63) is 17.2 Å². The van der Waals surface area contributed by atoms with Crippen molar-refractivity contribution in [3.8, 4) is 0 Å². The highest BCUT2D eigenvalue weighted by Gasteiger charge is 2.10. The Morgan fingerprint density at radius 3 is 2.75 bits per heavy atom. The molecule has 0 aromatic carbocycles. The minimum Gasteiger partial charge on any atom is -0.390 e. The van der Waals surface area contributed by atoms with Crippen LogP contribution in [0.3, 0.4) is 0 Å². The monoisotopic (exact) mass is 170 g/mol. The predicted octanol–water partition coefficient (Wildman–Crippen LogP) is -0.831. The smallest absolute Gasteiger partial charge is 0.124 e. The minimum absolute atomic E-state index is 0.0698. The number of hydrogen-bond acceptors (Lipinski definition) is 4. The molecule has 0 amide bonds. The van der Waals surface area contributed by atoms with Gasteiger partial charge in [0.15, 0.2) is 0 Å². The Labute approximate surface area is 70.8 Å². The van der Waals surface area contributed by atoms with Crippen molar-refractivity contribution in [2.75, 3.05) is 6.54 Å². The molecule has 1 aromatic heterocycles. The lowest BCUT2D eigenvalue weighted by Crippen LogP contribution is -2.21. The van der Waals surface area contributed by atoms with Gasteiger partial charge >= 0.3 is 0 Å². The molecule has 0 radical (unpaired) electrons. The number of aliphatic hydroxyl groups is 1. The number of aromatic nitrogens is 2. The van der Waals surface area contributed by atoms with Gasteiger partial charge in [-0.3, -0.25) is 0 Å². The Morgan fingerprint density at radius 2 is 2.33 bits per heavy atom. The van der Waals surface area contributed by atoms with E-state index in [1.165, 1.54) is 0 Å². The van der Waals surface area contributed by atoms with Gasteiger partial charge in [-0.05, 0) is 6.92 Å². The number of aliphatic hydroxyl groups excluding tert-OH is 1. The predicted molar refractivity (Wildman–Crippen MR) is 45.2 cm³/mol. The van der Waals surface area contributed by atoms with Gasteiger partial charge in [-0.2, -0.15) is 0 Å². The highest BCUT2D eigenvalue weighted by atomic mass is 16.3. The summed E-state index contributed by atoms with van der Waals surface area (Å²) >= 11 is 0. The van der Waals surface area contributed by atoms with Crippen LogP contribution in [0, 0.1) is 6.92 Å². The van der Waals surface area contributed by atoms with Gasteiger partial charge in [0.05, 0.1) is 18.3 Å². The van der Waals surface area contributed by atoms with Crippen molar-refractivity contribution in [1.29, 1.82) is 0 Å². The van der Waals surface area contributed by atoms with Crippen LogP contribution in [0.15, 0.2) is 0 Å². The molecule has 0 saturated heterocycles. The van der Waals surface area contributed by atoms with Gasteiger partial charge in [0.2, 0.25) is 0 Å². The second-order valence-corrected chi connectivity index (χ2v) is 2.69. The quantitative estimate of drug-likeness (QED) is 0.475. The topological polar surface area (TPSA) is 101 Å². The number of H-pyrrole nitrogens is 1. The molecule has 1 rings (SSSR count). The lowest BCUT2D eigenvalue weighted by atomic mass is 10.3. The van der Waals surface area contributed by atoms with Crippen molar-refractivity contribution in [1.82, 2.24) is 9.97 Å². The van der Waals surface area contributed by atoms with Crippen LogP contribution >= 0.6 is 0 Å². The van der Waals surface area contributed by atoms with Gasteiger partial charge < -0.3 is 21.6 Å². The molecule has 1 atom stereocenters. The zero-order valence-electron chi connectivity index (χ0n) is 7.04. The molecule has 0 aliphatic carbocycles. The average molecular weight is 170 g/mol. The van der Waals surface area contributed by atoms with Gasteiger partial charge in [0.1, 0.15) is 5.82 Å². The first-order valence-corrected chi connectivity index (χ1v) is 3.81. The minimum atomic E-state index is -0.274. The molecular formula is C7H14N4O. The normalized spacial score (nSPS) is 13.3. The van der Waals surface area contributed by atoms with Crippen molar-refractivity contribution in [2.24, 2.45) is 11.5 Å². The summed E-state index contributed by atoms with van der Waals surface area (Å²) in [5.74, 6) is 0.638. The van der Waals surface area contributed by atoms with E-state index in [1.54, 1.807) is 0 Å². The molecule has 0 fully saturated rings. The van der Waals surface area contributed by atoms with Crippen molar-refractivity contribution in [2.45, 2.75) is 19.6 Å². The third-order valence-electron chi connectivity index (χ3n) is 1.76. The number of nitrogens with zero attached hydrogens (tertiary/aromatic N) is 1. The van der Waals surface area contributed by atoms with Crippen LogP contribution in [-0.4, -0.2) is 21.6 Å². The SMILES string of the molecule is Cc1[nH]c(C(N)CN)nc1CO. The zero-order chi connectivity index (χ0) is 9.14. The van der Waals surface area contributed by atoms with Crippen LogP contribution in [-0.2, 0) is 6.61 Å². The summed E-state index contributed by atoms with van der Waals surface area (Å²) in [5.41, 5.74) is 12.5. The molecular weight excluding hydrogens is 156 g/mol. The Morgan fingerprint density at radius 1 is 1.67 bits per heavy atom. The average Bonchev–Trinajstić information content (AvgIpc) is 2.45. The summed E-state index contributed by atoms with van der Waals surface area (Å²) in [6, 6.07) is -0.274. The maximum absolute atomic E-state index is 8.83. The fraction of sp³-hybridized carbons (Fsp3) is 0.571. The van der Waals surface area contributed by atoms with Crippen LogP contribution in [0.25, 0.3) is 0 Å². The molecule has 0 saturated carbocycles. The number of aromatic amines is 1. The van der Waals surface area contributed by atoms with E-state index in [0.29, 0.717) is 18.1 Å². The number of imidazole rings is 1. The van der Waals surface area contributed by atoms with Crippen molar-refractivity contribution in [3.63, 3.8) is 0 Å². The van der Waals surface area contributed by atoms with E-state index in [0.717, 1.165) is 5.69 Å². The fourth-order valence-electron chi connectivity index (χ4n) is 0.963. The number of rotatable bonds is 3. The second-order valence-electron chi connectivity index (χ2n) is 2.69. The molecule has 1 unspecified atom stereocenters. The lowest BCUT2D eigenvalue weighted by Gasteiger charge is -2.02. The summed E-state index contributed by atoms with van der Waals surface area (Å²) in [4.78, 5) is 7.06. The molecule has 5 nitrogen and oxygen atoms in total. The van der Waals surface area contributed by atoms with Gasteiger partial charge in [0, 0.05) is 12.2 Å². The first-order chi connectivity index (χ1) is 5.69. The van der Waals surface area contributed by atoms with Crippen LogP contribution < -0.4 is 11.5 Å². The summed E-state index contributed by atoms with van der Waals surface area (Å²) < 4.78 is 0. The summed E-state index contributed by atoms with van der Waals surface area (Å²) in [6.45, 7) is 2.11. The Kier molecular flexibility index (Phi) is 2.80. The third kappa shape index (κ3) is 1.63. The van der Waals surface area contributed by atoms with E-state index in [1.807, 2.05) is 6.92 Å². The van der Waals surface area contributed by atoms with Gasteiger partial charge in [-0.1, -0.05) is 0 Å². The molecule has 1 heterocycles. The first kappa shape index (κ1) is 9.18. The van der Waals surface area contributed by atoms with E-state index in [2.05, 4.69) is 9.97 Å². The van der Waals surface area contributed by atoms with E-state index < -0.39 is 0 Å². The molecule has 6 N–H and O–H groups in total. The summed E-state index contributed by atoms with van der Waals surface area (Å²) in [5, 5.41) is 8.83. The van der Waals surface area contributed by atoms with Crippen LogP contribution in [0.1, 0.15) is 23.3 Å². The first-order valence-electron chi connectivity index (χ1n) is 3.81. The molecule has 0 aliphatic rings. The molecule has 1 aromatic rings. The van der Waals surface area contributed by atoms with E-state index in [9.17, 15) is 0 Å². The van der Waals surface area contributed by atoms with Crippen LogP contribution in [0.4, 0.5) is 0 Å². The molecule has 12 heavy (non-hydrogen) atoms. The van der Waals surface area contributed by atoms with Crippen molar-refractivity contribution < 1.29 is 5.11 Å². The summed E-state index contributed by atoms with van der Waals surface area (Å²) in [6.07, 6.45) is 0. The molecule has 68 valence electrons. The molecule has 0 spiro atoms. The number of nitrogens with two attached hydrogens (primary N) is 2. The van der Waals surface area contributed by atoms with E-state index in [-0.39, 0.29) is 12.6 Å². The van der Waals surface area contributed by atoms with Crippen LogP contribution in [0.2, 0.25) is 0 Å². The maximum Gasteiger partial charge on any atom is 0.124 e. The Bertz CT molecular complexity index is 258. The lowest BCUT2D eigenvalue weighted by molar-refractivity contribution is 0.276. The molecule has 0 bridgehead atoms. The standard InChI is InChI=1S/C7H14N4O/c1-4-6(3-12)11-7(10-4)5(9)2-8/h5,12H,2-3,8-9H2,1H3,(H,10,11). The van der Waals surface area contributed by atoms with Gasteiger partial charge in [-0.25, -0.2) is 4.98 Å². The largest absolute Gasteiger partial charge is 0.390 e. The highest BCUT2D eigenvalue weighted by Crippen LogP contribution is 2.09. The van der Waals surface area contributed by atoms with Gasteiger partial charge in [0.25, 0.3) is 0 Å². The molecule has 0 aliphatic heterocycles. The second kappa shape index (κ2) is 3.66. The van der Waals surface area contributed by atoms with E-state index in [4.69, 9.17) is 16.6 Å². The number of aryl methyl sites for hydroxylation is 1. The van der Waals surface area contributed by atoms with Gasteiger partial charge in [-0.15, -0.1) is 0 Å².